The fraction of sp³-hybridized carbons (Fsp3) is 0.381. The number of nitrogens with one attached hydrogen (secondary N) is 1. The highest BCUT2D eigenvalue weighted by Crippen LogP contribution is 2.23. The van der Waals surface area contributed by atoms with Crippen molar-refractivity contribution in [2.75, 3.05) is 13.1 Å². The second-order valence-corrected chi connectivity index (χ2v) is 9.60. The monoisotopic (exact) mass is 420 g/mol. The van der Waals surface area contributed by atoms with Crippen LogP contribution in [0.3, 0.4) is 0 Å². The number of carbonyl (C=O) groups excluding carboxylic acids is 1. The Morgan fingerprint density at radius 3 is 2.32 bits per heavy atom. The molecule has 1 aliphatic rings. The lowest BCUT2D eigenvalue weighted by Gasteiger charge is -2.31. The van der Waals surface area contributed by atoms with Gasteiger partial charge in [-0.05, 0) is 43.0 Å². The number of hydrogen-bond donors (Lipinski definition) is 1. The highest BCUT2D eigenvalue weighted by Gasteiger charge is 2.31. The summed E-state index contributed by atoms with van der Waals surface area (Å²) >= 11 is 5.85. The van der Waals surface area contributed by atoms with Crippen LogP contribution in [0.15, 0.2) is 54.6 Å². The Morgan fingerprint density at radius 2 is 1.71 bits per heavy atom. The molecule has 0 saturated carbocycles. The summed E-state index contributed by atoms with van der Waals surface area (Å²) in [7, 11) is -3.41. The van der Waals surface area contributed by atoms with Crippen molar-refractivity contribution in [1.29, 1.82) is 0 Å². The summed E-state index contributed by atoms with van der Waals surface area (Å²) in [6.07, 6.45) is 1.07. The van der Waals surface area contributed by atoms with Gasteiger partial charge in [0, 0.05) is 24.0 Å². The van der Waals surface area contributed by atoms with Crippen LogP contribution in [0.2, 0.25) is 5.02 Å². The molecule has 5 nitrogen and oxygen atoms in total. The summed E-state index contributed by atoms with van der Waals surface area (Å²) in [5, 5.41) is 3.63. The Hall–Kier alpha value is -1.89. The van der Waals surface area contributed by atoms with Crippen molar-refractivity contribution in [3.8, 4) is 0 Å². The van der Waals surface area contributed by atoms with Crippen molar-refractivity contribution in [2.24, 2.45) is 5.92 Å². The van der Waals surface area contributed by atoms with E-state index in [0.29, 0.717) is 36.5 Å². The quantitative estimate of drug-likeness (QED) is 0.773. The number of benzene rings is 2. The van der Waals surface area contributed by atoms with E-state index in [1.54, 1.807) is 24.3 Å². The molecular weight excluding hydrogens is 396 g/mol. The minimum absolute atomic E-state index is 0.00824. The minimum Gasteiger partial charge on any atom is -0.349 e. The van der Waals surface area contributed by atoms with Crippen molar-refractivity contribution in [3.05, 3.63) is 70.7 Å². The van der Waals surface area contributed by atoms with E-state index < -0.39 is 10.0 Å². The standard InChI is InChI=1S/C21H25ClN2O3S/c1-16(18-5-3-2-4-6-18)23-21(25)19-11-13-24(14-12-19)28(26,27)15-17-7-9-20(22)10-8-17/h2-10,16,19H,11-15H2,1H3,(H,23,25). The number of nitrogens with zero attached hydrogens (tertiary/aromatic N) is 1. The van der Waals surface area contributed by atoms with Crippen molar-refractivity contribution in [2.45, 2.75) is 31.6 Å². The number of rotatable bonds is 6. The second-order valence-electron chi connectivity index (χ2n) is 7.20. The van der Waals surface area contributed by atoms with Gasteiger partial charge in [0.2, 0.25) is 15.9 Å². The summed E-state index contributed by atoms with van der Waals surface area (Å²) < 4.78 is 26.8. The van der Waals surface area contributed by atoms with Gasteiger partial charge in [-0.25, -0.2) is 12.7 Å². The fourth-order valence-corrected chi connectivity index (χ4v) is 5.12. The van der Waals surface area contributed by atoms with E-state index >= 15 is 0 Å². The Labute approximate surface area is 171 Å². The first-order chi connectivity index (χ1) is 13.3. The normalized spacial score (nSPS) is 17.2. The van der Waals surface area contributed by atoms with E-state index in [-0.39, 0.29) is 23.6 Å². The van der Waals surface area contributed by atoms with Gasteiger partial charge in [0.25, 0.3) is 0 Å². The van der Waals surface area contributed by atoms with E-state index in [0.717, 1.165) is 5.56 Å². The van der Waals surface area contributed by atoms with Crippen LogP contribution in [0.4, 0.5) is 0 Å². The van der Waals surface area contributed by atoms with Crippen molar-refractivity contribution in [1.82, 2.24) is 9.62 Å². The van der Waals surface area contributed by atoms with Gasteiger partial charge in [-0.1, -0.05) is 54.1 Å². The van der Waals surface area contributed by atoms with E-state index in [9.17, 15) is 13.2 Å². The van der Waals surface area contributed by atoms with Gasteiger partial charge in [0.15, 0.2) is 0 Å². The lowest BCUT2D eigenvalue weighted by atomic mass is 9.96. The molecule has 28 heavy (non-hydrogen) atoms. The van der Waals surface area contributed by atoms with Crippen LogP contribution < -0.4 is 5.32 Å². The SMILES string of the molecule is CC(NC(=O)C1CCN(S(=O)(=O)Cc2ccc(Cl)cc2)CC1)c1ccccc1. The first-order valence-electron chi connectivity index (χ1n) is 9.43. The summed E-state index contributed by atoms with van der Waals surface area (Å²) in [5.74, 6) is -0.217. The molecule has 1 atom stereocenters. The van der Waals surface area contributed by atoms with Crippen LogP contribution in [-0.4, -0.2) is 31.7 Å². The van der Waals surface area contributed by atoms with Crippen LogP contribution in [0.1, 0.15) is 36.9 Å². The molecule has 7 heteroatoms. The number of amides is 1. The first kappa shape index (κ1) is 20.8. The van der Waals surface area contributed by atoms with Crippen molar-refractivity contribution in [3.63, 3.8) is 0 Å². The number of carbonyl (C=O) groups is 1. The molecule has 3 rings (SSSR count). The number of hydrogen-bond acceptors (Lipinski definition) is 3. The molecule has 1 heterocycles. The highest BCUT2D eigenvalue weighted by atomic mass is 35.5. The molecule has 0 aromatic heterocycles. The second kappa shape index (κ2) is 9.07. The molecule has 0 bridgehead atoms. The first-order valence-corrected chi connectivity index (χ1v) is 11.4. The smallest absolute Gasteiger partial charge is 0.223 e. The lowest BCUT2D eigenvalue weighted by molar-refractivity contribution is -0.126. The third kappa shape index (κ3) is 5.34. The van der Waals surface area contributed by atoms with Crippen LogP contribution in [-0.2, 0) is 20.6 Å². The molecule has 2 aromatic rings. The van der Waals surface area contributed by atoms with Crippen LogP contribution >= 0.6 is 11.6 Å². The molecule has 1 fully saturated rings. The van der Waals surface area contributed by atoms with Gasteiger partial charge < -0.3 is 5.32 Å². The molecule has 150 valence electrons. The lowest BCUT2D eigenvalue weighted by Crippen LogP contribution is -2.43. The Morgan fingerprint density at radius 1 is 1.11 bits per heavy atom. The van der Waals surface area contributed by atoms with Gasteiger partial charge in [-0.2, -0.15) is 0 Å². The van der Waals surface area contributed by atoms with E-state index in [2.05, 4.69) is 5.32 Å². The zero-order valence-electron chi connectivity index (χ0n) is 15.8. The summed E-state index contributed by atoms with van der Waals surface area (Å²) in [6.45, 7) is 2.69. The third-order valence-electron chi connectivity index (χ3n) is 5.14. The Balaban J connectivity index is 1.53. The predicted octanol–water partition coefficient (Wildman–Crippen LogP) is 3.76. The average molecular weight is 421 g/mol. The Bertz CT molecular complexity index is 893. The van der Waals surface area contributed by atoms with Gasteiger partial charge >= 0.3 is 0 Å². The largest absolute Gasteiger partial charge is 0.349 e. The zero-order chi connectivity index (χ0) is 20.1. The number of halogens is 1. The molecule has 1 unspecified atom stereocenters. The highest BCUT2D eigenvalue weighted by molar-refractivity contribution is 7.88. The van der Waals surface area contributed by atoms with E-state index in [4.69, 9.17) is 11.6 Å². The maximum Gasteiger partial charge on any atom is 0.223 e. The van der Waals surface area contributed by atoms with Gasteiger partial charge in [-0.15, -0.1) is 0 Å². The van der Waals surface area contributed by atoms with Crippen LogP contribution in [0.25, 0.3) is 0 Å². The molecule has 1 aliphatic heterocycles. The molecule has 1 saturated heterocycles. The maximum absolute atomic E-state index is 12.7. The number of piperidine rings is 1. The molecule has 0 radical (unpaired) electrons. The summed E-state index contributed by atoms with van der Waals surface area (Å²) in [6, 6.07) is 16.6. The minimum atomic E-state index is -3.41. The van der Waals surface area contributed by atoms with E-state index in [1.807, 2.05) is 37.3 Å². The van der Waals surface area contributed by atoms with Crippen LogP contribution in [0, 0.1) is 5.92 Å². The van der Waals surface area contributed by atoms with Crippen molar-refractivity contribution < 1.29 is 13.2 Å². The van der Waals surface area contributed by atoms with E-state index in [1.165, 1.54) is 4.31 Å². The molecule has 0 spiro atoms. The van der Waals surface area contributed by atoms with Gasteiger partial charge in [0.05, 0.1) is 11.8 Å². The zero-order valence-corrected chi connectivity index (χ0v) is 17.4. The maximum atomic E-state index is 12.7. The Kier molecular flexibility index (Phi) is 6.75. The molecule has 1 amide bonds. The summed E-state index contributed by atoms with van der Waals surface area (Å²) in [4.78, 5) is 12.6. The molecular formula is C21H25ClN2O3S. The van der Waals surface area contributed by atoms with Crippen molar-refractivity contribution >= 4 is 27.5 Å². The molecule has 2 aromatic carbocycles. The van der Waals surface area contributed by atoms with Gasteiger partial charge in [-0.3, -0.25) is 4.79 Å². The fourth-order valence-electron chi connectivity index (χ4n) is 3.43. The topological polar surface area (TPSA) is 66.5 Å². The number of sulfonamides is 1. The predicted molar refractivity (Wildman–Crippen MR) is 111 cm³/mol. The molecule has 1 N–H and O–H groups in total. The summed E-state index contributed by atoms with van der Waals surface area (Å²) in [5.41, 5.74) is 1.76. The van der Waals surface area contributed by atoms with Gasteiger partial charge in [0.1, 0.15) is 0 Å². The average Bonchev–Trinajstić information content (AvgIpc) is 2.70. The molecule has 0 aliphatic carbocycles. The van der Waals surface area contributed by atoms with Crippen LogP contribution in [0.5, 0.6) is 0 Å². The third-order valence-corrected chi connectivity index (χ3v) is 7.24.